The summed E-state index contributed by atoms with van der Waals surface area (Å²) in [5, 5.41) is 42.1. The normalized spacial score (nSPS) is 9.21. The molecular weight excluding hydrogens is 499 g/mol. The van der Waals surface area contributed by atoms with E-state index in [2.05, 4.69) is 15.9 Å². The van der Waals surface area contributed by atoms with E-state index in [1.54, 1.807) is 12.1 Å². The van der Waals surface area contributed by atoms with Gasteiger partial charge in [-0.3, -0.25) is 0 Å². The number of hydrogen-bond acceptors (Lipinski definition) is 7. The Labute approximate surface area is 207 Å². The quantitative estimate of drug-likeness (QED) is 0.156. The van der Waals surface area contributed by atoms with Gasteiger partial charge in [0.2, 0.25) is 0 Å². The highest BCUT2D eigenvalue weighted by Gasteiger charge is 2.08. The Morgan fingerprint density at radius 2 is 1.09 bits per heavy atom. The van der Waals surface area contributed by atoms with E-state index in [9.17, 15) is 0 Å². The lowest BCUT2D eigenvalue weighted by molar-refractivity contribution is 0.399. The lowest BCUT2D eigenvalue weighted by Gasteiger charge is -2.02. The minimum atomic E-state index is -1.46. The van der Waals surface area contributed by atoms with Gasteiger partial charge in [-0.15, -0.1) is 0 Å². The summed E-state index contributed by atoms with van der Waals surface area (Å²) in [4.78, 5) is 0. The van der Waals surface area contributed by atoms with Crippen molar-refractivity contribution in [2.75, 3.05) is 18.6 Å². The number of nitrogens with two attached hydrogens (primary N) is 2. The summed E-state index contributed by atoms with van der Waals surface area (Å²) in [6.45, 7) is 0. The van der Waals surface area contributed by atoms with Gasteiger partial charge in [0.25, 0.3) is 0 Å². The van der Waals surface area contributed by atoms with Crippen LogP contribution in [0.25, 0.3) is 11.1 Å². The molecule has 34 heavy (non-hydrogen) atoms. The van der Waals surface area contributed by atoms with Crippen LogP contribution in [0.4, 0.5) is 11.4 Å². The van der Waals surface area contributed by atoms with Crippen molar-refractivity contribution in [2.24, 2.45) is 0 Å². The highest BCUT2D eigenvalue weighted by atomic mass is 79.9. The lowest BCUT2D eigenvalue weighted by atomic mass is 9.80. The van der Waals surface area contributed by atoms with Gasteiger partial charge in [-0.25, -0.2) is 0 Å². The van der Waals surface area contributed by atoms with Gasteiger partial charge in [0, 0.05) is 23.0 Å². The monoisotopic (exact) mass is 526 g/mol. The standard InChI is InChI=1S/C12H11NO.C6H7BO3.C6H6BrN.CH4O/c13-11-3-1-2-10(8-11)9-4-6-12(14)7-5-9;8-6-3-1-5(2-4-6)7(9)10;7-5-2-1-3-6(8)4-5;1-2/h1-8,14H,13H2;1-4,8-10H;1-4H,8H2;2H,1H3. The number of rotatable bonds is 2. The van der Waals surface area contributed by atoms with Gasteiger partial charge < -0.3 is 36.8 Å². The SMILES string of the molecule is CO.Nc1cccc(-c2ccc(O)cc2)c1.Nc1cccc(Br)c1.OB(O)c1ccc(O)cc1. The summed E-state index contributed by atoms with van der Waals surface area (Å²) in [7, 11) is -0.458. The van der Waals surface area contributed by atoms with Gasteiger partial charge in [0.05, 0.1) is 0 Å². The maximum absolute atomic E-state index is 9.13. The fourth-order valence-electron chi connectivity index (χ4n) is 2.53. The van der Waals surface area contributed by atoms with Crippen molar-refractivity contribution in [2.45, 2.75) is 0 Å². The third-order valence-electron chi connectivity index (χ3n) is 4.13. The maximum Gasteiger partial charge on any atom is 0.488 e. The second kappa shape index (κ2) is 15.4. The van der Waals surface area contributed by atoms with E-state index in [4.69, 9.17) is 36.8 Å². The van der Waals surface area contributed by atoms with Crippen LogP contribution in [0.5, 0.6) is 11.5 Å². The Morgan fingerprint density at radius 3 is 1.50 bits per heavy atom. The van der Waals surface area contributed by atoms with Crippen molar-refractivity contribution in [3.05, 3.63) is 102 Å². The molecule has 0 radical (unpaired) electrons. The fraction of sp³-hybridized carbons (Fsp3) is 0.0400. The van der Waals surface area contributed by atoms with Crippen LogP contribution in [0.15, 0.2) is 102 Å². The van der Waals surface area contributed by atoms with Gasteiger partial charge in [0.15, 0.2) is 0 Å². The fourth-order valence-corrected chi connectivity index (χ4v) is 2.94. The molecule has 178 valence electrons. The third-order valence-corrected chi connectivity index (χ3v) is 4.62. The average Bonchev–Trinajstić information content (AvgIpc) is 2.82. The van der Waals surface area contributed by atoms with Crippen LogP contribution in [0.3, 0.4) is 0 Å². The van der Waals surface area contributed by atoms with E-state index in [1.807, 2.05) is 60.7 Å². The summed E-state index contributed by atoms with van der Waals surface area (Å²) >= 11 is 3.28. The Kier molecular flexibility index (Phi) is 12.9. The molecule has 0 aliphatic rings. The zero-order valence-electron chi connectivity index (χ0n) is 18.6. The van der Waals surface area contributed by atoms with Crippen molar-refractivity contribution in [3.63, 3.8) is 0 Å². The van der Waals surface area contributed by atoms with E-state index in [0.29, 0.717) is 5.46 Å². The van der Waals surface area contributed by atoms with Crippen LogP contribution in [0, 0.1) is 0 Å². The summed E-state index contributed by atoms with van der Waals surface area (Å²) < 4.78 is 1.03. The molecule has 0 aromatic heterocycles. The molecule has 0 saturated carbocycles. The molecule has 9 N–H and O–H groups in total. The number of hydrogen-bond donors (Lipinski definition) is 7. The number of anilines is 2. The first-order valence-electron chi connectivity index (χ1n) is 10.0. The summed E-state index contributed by atoms with van der Waals surface area (Å²) in [6, 6.07) is 28.0. The first-order valence-corrected chi connectivity index (χ1v) is 10.8. The number of phenolic OH excluding ortho intramolecular Hbond substituents is 2. The highest BCUT2D eigenvalue weighted by molar-refractivity contribution is 9.10. The van der Waals surface area contributed by atoms with Crippen LogP contribution in [-0.4, -0.2) is 39.6 Å². The van der Waals surface area contributed by atoms with Crippen LogP contribution in [-0.2, 0) is 0 Å². The largest absolute Gasteiger partial charge is 0.508 e. The molecule has 4 aromatic carbocycles. The second-order valence-electron chi connectivity index (χ2n) is 6.69. The molecule has 7 nitrogen and oxygen atoms in total. The van der Waals surface area contributed by atoms with E-state index < -0.39 is 7.12 Å². The highest BCUT2D eigenvalue weighted by Crippen LogP contribution is 2.23. The van der Waals surface area contributed by atoms with Crippen molar-refractivity contribution < 1.29 is 25.4 Å². The number of aliphatic hydroxyl groups excluding tert-OH is 1. The smallest absolute Gasteiger partial charge is 0.488 e. The first kappa shape index (κ1) is 28.5. The molecule has 0 fully saturated rings. The number of aliphatic hydroxyl groups is 1. The van der Waals surface area contributed by atoms with Crippen LogP contribution in [0.1, 0.15) is 0 Å². The van der Waals surface area contributed by atoms with Gasteiger partial charge in [-0.2, -0.15) is 0 Å². The molecule has 4 rings (SSSR count). The molecule has 0 bridgehead atoms. The Balaban J connectivity index is 0.000000256. The zero-order valence-corrected chi connectivity index (χ0v) is 20.2. The van der Waals surface area contributed by atoms with Crippen molar-refractivity contribution in [1.29, 1.82) is 0 Å². The first-order chi connectivity index (χ1) is 16.2. The predicted octanol–water partition coefficient (Wildman–Crippen LogP) is 3.35. The Bertz CT molecular complexity index is 1090. The van der Waals surface area contributed by atoms with Gasteiger partial charge in [-0.1, -0.05) is 58.4 Å². The number of nitrogen functional groups attached to an aromatic ring is 2. The van der Waals surface area contributed by atoms with Gasteiger partial charge >= 0.3 is 7.12 Å². The molecule has 0 amide bonds. The van der Waals surface area contributed by atoms with E-state index >= 15 is 0 Å². The van der Waals surface area contributed by atoms with Crippen molar-refractivity contribution in [3.8, 4) is 22.6 Å². The molecule has 0 aliphatic heterocycles. The Hall–Kier alpha value is -3.50. The maximum atomic E-state index is 9.13. The minimum Gasteiger partial charge on any atom is -0.508 e. The molecule has 4 aromatic rings. The molecule has 0 aliphatic carbocycles. The van der Waals surface area contributed by atoms with E-state index in [-0.39, 0.29) is 11.5 Å². The molecule has 0 unspecified atom stereocenters. The summed E-state index contributed by atoms with van der Waals surface area (Å²) in [5.74, 6) is 0.391. The molecule has 0 saturated heterocycles. The zero-order chi connectivity index (χ0) is 25.5. The molecule has 0 spiro atoms. The topological polar surface area (TPSA) is 153 Å². The lowest BCUT2D eigenvalue weighted by Crippen LogP contribution is -2.29. The molecule has 9 heteroatoms. The number of benzene rings is 4. The second-order valence-corrected chi connectivity index (χ2v) is 7.61. The summed E-state index contributed by atoms with van der Waals surface area (Å²) in [5.41, 5.74) is 15.1. The molecular formula is C25H28BBrN2O5. The average molecular weight is 527 g/mol. The Morgan fingerprint density at radius 1 is 0.618 bits per heavy atom. The van der Waals surface area contributed by atoms with Crippen LogP contribution >= 0.6 is 15.9 Å². The third kappa shape index (κ3) is 10.9. The number of aromatic hydroxyl groups is 2. The van der Waals surface area contributed by atoms with Crippen LogP contribution < -0.4 is 16.9 Å². The van der Waals surface area contributed by atoms with Crippen molar-refractivity contribution in [1.82, 2.24) is 0 Å². The number of halogens is 1. The van der Waals surface area contributed by atoms with Gasteiger partial charge in [-0.05, 0) is 71.2 Å². The number of phenols is 2. The minimum absolute atomic E-state index is 0.115. The molecule has 0 atom stereocenters. The predicted molar refractivity (Wildman–Crippen MR) is 143 cm³/mol. The van der Waals surface area contributed by atoms with Crippen LogP contribution in [0.2, 0.25) is 0 Å². The molecule has 0 heterocycles. The van der Waals surface area contributed by atoms with Gasteiger partial charge in [0.1, 0.15) is 11.5 Å². The van der Waals surface area contributed by atoms with Crippen molar-refractivity contribution >= 4 is 39.9 Å². The summed E-state index contributed by atoms with van der Waals surface area (Å²) in [6.07, 6.45) is 0. The van der Waals surface area contributed by atoms with E-state index in [1.165, 1.54) is 24.3 Å². The van der Waals surface area contributed by atoms with E-state index in [0.717, 1.165) is 34.1 Å².